The number of carbonyl (C=O) groups is 2. The summed E-state index contributed by atoms with van der Waals surface area (Å²) >= 11 is 4.48. The summed E-state index contributed by atoms with van der Waals surface area (Å²) in [5.41, 5.74) is 9.60. The van der Waals surface area contributed by atoms with E-state index in [1.54, 1.807) is 24.5 Å². The lowest BCUT2D eigenvalue weighted by Gasteiger charge is -2.31. The Bertz CT molecular complexity index is 1340. The number of benzene rings is 2. The van der Waals surface area contributed by atoms with Gasteiger partial charge >= 0.3 is 17.8 Å². The number of hydrogen-bond acceptors (Lipinski definition) is 7. The van der Waals surface area contributed by atoms with Gasteiger partial charge in [-0.2, -0.15) is 6.21 Å². The molecule has 9 nitrogen and oxygen atoms in total. The summed E-state index contributed by atoms with van der Waals surface area (Å²) in [6, 6.07) is 12.8. The van der Waals surface area contributed by atoms with E-state index in [-0.39, 0.29) is 6.10 Å². The maximum absolute atomic E-state index is 12.8. The molecule has 1 aliphatic rings. The van der Waals surface area contributed by atoms with Gasteiger partial charge in [-0.1, -0.05) is 24.3 Å². The molecule has 0 unspecified atom stereocenters. The molecule has 37 heavy (non-hydrogen) atoms. The molecule has 4 rings (SSSR count). The third kappa shape index (κ3) is 6.34. The van der Waals surface area contributed by atoms with Crippen LogP contribution in [0.2, 0.25) is 0 Å². The molecule has 190 valence electrons. The van der Waals surface area contributed by atoms with Gasteiger partial charge in [-0.05, 0) is 47.9 Å². The molecular weight excluding hydrogens is 488 g/mol. The van der Waals surface area contributed by atoms with Gasteiger partial charge in [-0.15, -0.1) is 12.6 Å². The first-order chi connectivity index (χ1) is 17.9. The molecule has 2 heterocycles. The van der Waals surface area contributed by atoms with Gasteiger partial charge in [0.25, 0.3) is 0 Å². The molecule has 2 amide bonds. The molecule has 3 aromatic rings. The fourth-order valence-corrected chi connectivity index (χ4v) is 4.33. The minimum Gasteiger partial charge on any atom is -0.810 e. The molecule has 1 saturated heterocycles. The normalized spacial score (nSPS) is 14.2. The van der Waals surface area contributed by atoms with Crippen LogP contribution in [0.1, 0.15) is 36.5 Å². The van der Waals surface area contributed by atoms with E-state index >= 15 is 0 Å². The number of hydrogen-bond donors (Lipinski definition) is 3. The topological polar surface area (TPSA) is 133 Å². The molecule has 0 spiro atoms. The van der Waals surface area contributed by atoms with Crippen LogP contribution in [-0.2, 0) is 9.59 Å². The lowest BCUT2D eigenvalue weighted by molar-refractivity contribution is -0.144. The first-order valence-corrected chi connectivity index (χ1v) is 12.2. The number of piperidine rings is 1. The van der Waals surface area contributed by atoms with Crippen molar-refractivity contribution in [1.82, 2.24) is 14.9 Å². The summed E-state index contributed by atoms with van der Waals surface area (Å²) in [6.45, 7) is 2.62. The Hall–Kier alpha value is -4.18. The van der Waals surface area contributed by atoms with Crippen molar-refractivity contribution in [2.75, 3.05) is 24.1 Å². The summed E-state index contributed by atoms with van der Waals surface area (Å²) in [6.07, 6.45) is 6.98. The van der Waals surface area contributed by atoms with Gasteiger partial charge in [0.05, 0.1) is 0 Å². The molecule has 0 atom stereocenters. The maximum Gasteiger partial charge on any atom is 0.316 e. The van der Waals surface area contributed by atoms with E-state index < -0.39 is 11.8 Å². The van der Waals surface area contributed by atoms with Crippen molar-refractivity contribution in [3.05, 3.63) is 77.0 Å². The summed E-state index contributed by atoms with van der Waals surface area (Å²) in [7, 11) is 0. The number of rotatable bonds is 6. The Morgan fingerprint density at radius 1 is 1.14 bits per heavy atom. The van der Waals surface area contributed by atoms with Crippen molar-refractivity contribution in [3.63, 3.8) is 0 Å². The highest BCUT2D eigenvalue weighted by Gasteiger charge is 2.28. The zero-order chi connectivity index (χ0) is 26.4. The predicted molar refractivity (Wildman–Crippen MR) is 148 cm³/mol. The van der Waals surface area contributed by atoms with Gasteiger partial charge in [-0.25, -0.2) is 9.97 Å². The van der Waals surface area contributed by atoms with E-state index in [9.17, 15) is 15.0 Å². The molecule has 0 aliphatic carbocycles. The zero-order valence-corrected chi connectivity index (χ0v) is 21.2. The molecule has 1 aliphatic heterocycles. The first-order valence-electron chi connectivity index (χ1n) is 11.8. The van der Waals surface area contributed by atoms with E-state index in [1.807, 2.05) is 37.3 Å². The van der Waals surface area contributed by atoms with Gasteiger partial charge in [0.1, 0.15) is 6.10 Å². The van der Waals surface area contributed by atoms with Gasteiger partial charge in [0, 0.05) is 60.2 Å². The number of nitrogens with zero attached hydrogens (tertiary/aromatic N) is 4. The Balaban J connectivity index is 1.44. The number of nitrogen functional groups attached to an aromatic ring is 1. The summed E-state index contributed by atoms with van der Waals surface area (Å²) < 4.78 is 5.75. The van der Waals surface area contributed by atoms with E-state index in [2.05, 4.69) is 27.9 Å². The summed E-state index contributed by atoms with van der Waals surface area (Å²) in [5.74, 6) is -1.41. The lowest BCUT2D eigenvalue weighted by Crippen LogP contribution is -2.46. The van der Waals surface area contributed by atoms with Crippen molar-refractivity contribution in [1.29, 1.82) is 0 Å². The lowest BCUT2D eigenvalue weighted by atomic mass is 9.98. The minimum absolute atomic E-state index is 0.131. The molecule has 0 radical (unpaired) electrons. The van der Waals surface area contributed by atoms with Crippen LogP contribution in [0.15, 0.2) is 59.8 Å². The number of nitrogens with one attached hydrogen (secondary N) is 1. The molecule has 1 fully saturated rings. The molecule has 10 heteroatoms. The monoisotopic (exact) mass is 515 g/mol. The standard InChI is InChI=1S/C27H27N6O3S/c1-17(13-18-5-2-3-6-23(18)37)22-15-20(14-19(16-28)24(22)29)32-25(34)26(35)33-11-7-21(8-12-33)36-27-30-9-4-10-31-27/h2-6,9-10,13-16,21,37H,7-8,11-12,29H2,1H3,(H,32,34)/q-1/b17-13+. The summed E-state index contributed by atoms with van der Waals surface area (Å²) in [5, 5.41) is 12.4. The van der Waals surface area contributed by atoms with Crippen LogP contribution < -0.4 is 15.8 Å². The minimum atomic E-state index is -0.771. The van der Waals surface area contributed by atoms with E-state index in [0.29, 0.717) is 54.4 Å². The number of amides is 2. The smallest absolute Gasteiger partial charge is 0.316 e. The number of likely N-dealkylation sites (tertiary alicyclic amines) is 1. The van der Waals surface area contributed by atoms with E-state index in [0.717, 1.165) is 22.2 Å². The second-order valence-corrected chi connectivity index (χ2v) is 9.12. The van der Waals surface area contributed by atoms with Gasteiger partial charge in [-0.3, -0.25) is 9.59 Å². The predicted octanol–water partition coefficient (Wildman–Crippen LogP) is 3.90. The third-order valence-corrected chi connectivity index (χ3v) is 6.49. The van der Waals surface area contributed by atoms with Gasteiger partial charge < -0.3 is 26.1 Å². The number of aromatic nitrogens is 2. The fraction of sp³-hybridized carbons (Fsp3) is 0.222. The van der Waals surface area contributed by atoms with Crippen LogP contribution in [0.5, 0.6) is 6.01 Å². The average molecular weight is 516 g/mol. The van der Waals surface area contributed by atoms with Gasteiger partial charge in [0.15, 0.2) is 0 Å². The molecule has 0 bridgehead atoms. The number of nitrogens with two attached hydrogens (primary N) is 1. The Kier molecular flexibility index (Phi) is 8.19. The van der Waals surface area contributed by atoms with E-state index in [1.165, 1.54) is 11.0 Å². The largest absolute Gasteiger partial charge is 0.810 e. The van der Waals surface area contributed by atoms with Crippen LogP contribution in [-0.4, -0.2) is 52.1 Å². The van der Waals surface area contributed by atoms with Crippen LogP contribution in [0.4, 0.5) is 11.4 Å². The Labute approximate surface area is 220 Å². The van der Waals surface area contributed by atoms with Crippen molar-refractivity contribution in [3.8, 4) is 6.01 Å². The highest BCUT2D eigenvalue weighted by Crippen LogP contribution is 2.30. The number of ether oxygens (including phenoxy) is 1. The van der Waals surface area contributed by atoms with Crippen LogP contribution in [0.25, 0.3) is 17.1 Å². The van der Waals surface area contributed by atoms with Gasteiger partial charge in [0.2, 0.25) is 0 Å². The molecular formula is C27H27N6O3S-. The third-order valence-electron chi connectivity index (χ3n) is 6.08. The number of anilines is 2. The fourth-order valence-electron chi connectivity index (χ4n) is 4.10. The van der Waals surface area contributed by atoms with Crippen molar-refractivity contribution < 1.29 is 14.3 Å². The zero-order valence-electron chi connectivity index (χ0n) is 20.3. The molecule has 0 saturated carbocycles. The average Bonchev–Trinajstić information content (AvgIpc) is 2.91. The number of allylic oxidation sites excluding steroid dienone is 1. The molecule has 2 aromatic carbocycles. The second kappa shape index (κ2) is 11.7. The highest BCUT2D eigenvalue weighted by atomic mass is 32.1. The maximum atomic E-state index is 12.8. The molecule has 1 aromatic heterocycles. The van der Waals surface area contributed by atoms with Crippen LogP contribution in [0.3, 0.4) is 0 Å². The number of thiol groups is 1. The SMILES string of the molecule is C/C(=C\c1ccccc1S)c1cc(NC(=O)C(=O)N2CCC(Oc3ncccn3)CC2)cc(C=[N-])c1N. The van der Waals surface area contributed by atoms with Crippen LogP contribution >= 0.6 is 12.6 Å². The molecule has 3 N–H and O–H groups in total. The quantitative estimate of drug-likeness (QED) is 0.150. The first kappa shape index (κ1) is 25.9. The Morgan fingerprint density at radius 2 is 1.84 bits per heavy atom. The second-order valence-electron chi connectivity index (χ2n) is 8.64. The van der Waals surface area contributed by atoms with E-state index in [4.69, 9.17) is 10.5 Å². The van der Waals surface area contributed by atoms with Crippen molar-refractivity contribution >= 4 is 53.7 Å². The highest BCUT2D eigenvalue weighted by molar-refractivity contribution is 7.80. The van der Waals surface area contributed by atoms with Crippen molar-refractivity contribution in [2.45, 2.75) is 30.8 Å². The Morgan fingerprint density at radius 3 is 2.51 bits per heavy atom. The summed E-state index contributed by atoms with van der Waals surface area (Å²) in [4.78, 5) is 36.0. The van der Waals surface area contributed by atoms with Crippen LogP contribution in [0, 0.1) is 0 Å². The number of carbonyl (C=O) groups excluding carboxylic acids is 2. The van der Waals surface area contributed by atoms with Crippen molar-refractivity contribution in [2.24, 2.45) is 0 Å².